The molecule has 0 saturated carbocycles. The van der Waals surface area contributed by atoms with E-state index < -0.39 is 0 Å². The second kappa shape index (κ2) is 6.76. The van der Waals surface area contributed by atoms with E-state index in [0.717, 1.165) is 10.9 Å². The second-order valence-corrected chi connectivity index (χ2v) is 6.07. The summed E-state index contributed by atoms with van der Waals surface area (Å²) < 4.78 is 1.48. The molecule has 0 aliphatic carbocycles. The van der Waals surface area contributed by atoms with Crippen LogP contribution in [0.5, 0.6) is 0 Å². The van der Waals surface area contributed by atoms with Crippen molar-refractivity contribution in [1.29, 1.82) is 0 Å². The monoisotopic (exact) mass is 343 g/mol. The molecule has 1 aromatic heterocycles. The Morgan fingerprint density at radius 2 is 1.77 bits per heavy atom. The third-order valence-corrected chi connectivity index (χ3v) is 4.37. The second-order valence-electron chi connectivity index (χ2n) is 6.07. The smallest absolute Gasteiger partial charge is 0.253 e. The van der Waals surface area contributed by atoms with Gasteiger partial charge in [-0.1, -0.05) is 48.5 Å². The van der Waals surface area contributed by atoms with Crippen molar-refractivity contribution >= 4 is 16.7 Å². The first kappa shape index (κ1) is 16.0. The maximum atomic E-state index is 12.8. The van der Waals surface area contributed by atoms with Crippen LogP contribution in [-0.4, -0.2) is 26.1 Å². The van der Waals surface area contributed by atoms with Gasteiger partial charge in [-0.2, -0.15) is 4.68 Å². The Hall–Kier alpha value is -3.54. The van der Waals surface area contributed by atoms with Gasteiger partial charge in [0.1, 0.15) is 6.33 Å². The maximum Gasteiger partial charge on any atom is 0.253 e. The number of nitrogens with zero attached hydrogens (tertiary/aromatic N) is 4. The number of hydrogen-bond donors (Lipinski definition) is 1. The third kappa shape index (κ3) is 3.04. The van der Waals surface area contributed by atoms with Crippen LogP contribution in [0.15, 0.2) is 73.1 Å². The van der Waals surface area contributed by atoms with Gasteiger partial charge in [-0.25, -0.2) is 0 Å². The van der Waals surface area contributed by atoms with Crippen LogP contribution in [0.1, 0.15) is 28.9 Å². The normalized spacial score (nSPS) is 12.0. The molecule has 1 amide bonds. The fourth-order valence-corrected chi connectivity index (χ4v) is 2.97. The van der Waals surface area contributed by atoms with Crippen LogP contribution in [-0.2, 0) is 0 Å². The Labute approximate surface area is 150 Å². The minimum atomic E-state index is -0.170. The van der Waals surface area contributed by atoms with Crippen molar-refractivity contribution in [1.82, 2.24) is 25.5 Å². The molecule has 0 saturated heterocycles. The van der Waals surface area contributed by atoms with E-state index >= 15 is 0 Å². The third-order valence-electron chi connectivity index (χ3n) is 4.37. The zero-order valence-corrected chi connectivity index (χ0v) is 14.2. The molecular weight excluding hydrogens is 326 g/mol. The van der Waals surface area contributed by atoms with Crippen LogP contribution in [0.2, 0.25) is 0 Å². The SMILES string of the molecule is CC(NC(=O)c1ccccc1-n1cnnn1)c1ccc2ccccc2c1. The van der Waals surface area contributed by atoms with Gasteiger partial charge in [-0.05, 0) is 51.9 Å². The lowest BCUT2D eigenvalue weighted by Crippen LogP contribution is -2.27. The van der Waals surface area contributed by atoms with Crippen molar-refractivity contribution in [2.24, 2.45) is 0 Å². The first-order valence-electron chi connectivity index (χ1n) is 8.34. The van der Waals surface area contributed by atoms with Gasteiger partial charge in [-0.3, -0.25) is 4.79 Å². The van der Waals surface area contributed by atoms with Gasteiger partial charge in [0.05, 0.1) is 17.3 Å². The van der Waals surface area contributed by atoms with E-state index in [-0.39, 0.29) is 11.9 Å². The molecule has 0 bridgehead atoms. The van der Waals surface area contributed by atoms with Crippen molar-refractivity contribution in [2.75, 3.05) is 0 Å². The first-order valence-corrected chi connectivity index (χ1v) is 8.34. The summed E-state index contributed by atoms with van der Waals surface area (Å²) in [5.74, 6) is -0.170. The van der Waals surface area contributed by atoms with E-state index in [1.165, 1.54) is 16.4 Å². The van der Waals surface area contributed by atoms with E-state index in [4.69, 9.17) is 0 Å². The molecule has 0 aliphatic heterocycles. The predicted molar refractivity (Wildman–Crippen MR) is 99.0 cm³/mol. The van der Waals surface area contributed by atoms with Crippen LogP contribution in [0.4, 0.5) is 0 Å². The molecule has 0 radical (unpaired) electrons. The van der Waals surface area contributed by atoms with E-state index in [9.17, 15) is 4.79 Å². The summed E-state index contributed by atoms with van der Waals surface area (Å²) in [5.41, 5.74) is 2.21. The number of amides is 1. The van der Waals surface area contributed by atoms with Crippen LogP contribution in [0.25, 0.3) is 16.5 Å². The quantitative estimate of drug-likeness (QED) is 0.617. The molecule has 4 rings (SSSR count). The summed E-state index contributed by atoms with van der Waals surface area (Å²) in [6, 6.07) is 21.5. The Morgan fingerprint density at radius 1 is 1.00 bits per heavy atom. The fourth-order valence-electron chi connectivity index (χ4n) is 2.97. The molecular formula is C20H17N5O. The van der Waals surface area contributed by atoms with Gasteiger partial charge in [0.25, 0.3) is 5.91 Å². The number of aromatic nitrogens is 4. The Balaban J connectivity index is 1.60. The van der Waals surface area contributed by atoms with E-state index in [1.807, 2.05) is 43.3 Å². The van der Waals surface area contributed by atoms with E-state index in [0.29, 0.717) is 11.3 Å². The highest BCUT2D eigenvalue weighted by Crippen LogP contribution is 2.21. The Kier molecular flexibility index (Phi) is 4.15. The zero-order chi connectivity index (χ0) is 17.9. The highest BCUT2D eigenvalue weighted by Gasteiger charge is 2.16. The standard InChI is InChI=1S/C20H17N5O/c1-14(16-11-10-15-6-2-3-7-17(15)12-16)22-20(26)18-8-4-5-9-19(18)25-13-21-23-24-25/h2-14H,1H3,(H,22,26). The van der Waals surface area contributed by atoms with E-state index in [2.05, 4.69) is 45.1 Å². The number of hydrogen-bond acceptors (Lipinski definition) is 4. The average Bonchev–Trinajstić information content (AvgIpc) is 3.22. The number of tetrazole rings is 1. The van der Waals surface area contributed by atoms with Crippen molar-refractivity contribution in [3.8, 4) is 5.69 Å². The zero-order valence-electron chi connectivity index (χ0n) is 14.2. The maximum absolute atomic E-state index is 12.8. The molecule has 0 fully saturated rings. The molecule has 1 N–H and O–H groups in total. The summed E-state index contributed by atoms with van der Waals surface area (Å²) in [6.07, 6.45) is 1.47. The van der Waals surface area contributed by atoms with Crippen molar-refractivity contribution in [3.63, 3.8) is 0 Å². The molecule has 6 nitrogen and oxygen atoms in total. The first-order chi connectivity index (χ1) is 12.7. The molecule has 0 spiro atoms. The predicted octanol–water partition coefficient (Wildman–Crippen LogP) is 3.31. The van der Waals surface area contributed by atoms with Crippen LogP contribution in [0.3, 0.4) is 0 Å². The van der Waals surface area contributed by atoms with E-state index in [1.54, 1.807) is 6.07 Å². The van der Waals surface area contributed by atoms with Gasteiger partial charge in [0.2, 0.25) is 0 Å². The number of carbonyl (C=O) groups is 1. The van der Waals surface area contributed by atoms with Crippen LogP contribution in [0, 0.1) is 0 Å². The number of rotatable bonds is 4. The summed E-state index contributed by atoms with van der Waals surface area (Å²) in [4.78, 5) is 12.8. The van der Waals surface area contributed by atoms with Gasteiger partial charge < -0.3 is 5.32 Å². The Bertz CT molecular complexity index is 1060. The number of carbonyl (C=O) groups excluding carboxylic acids is 1. The minimum absolute atomic E-state index is 0.131. The van der Waals surface area contributed by atoms with Gasteiger partial charge in [-0.15, -0.1) is 5.10 Å². The minimum Gasteiger partial charge on any atom is -0.345 e. The van der Waals surface area contributed by atoms with Gasteiger partial charge in [0, 0.05) is 0 Å². The summed E-state index contributed by atoms with van der Waals surface area (Å²) >= 11 is 0. The lowest BCUT2D eigenvalue weighted by Gasteiger charge is -2.16. The van der Waals surface area contributed by atoms with Crippen LogP contribution >= 0.6 is 0 Å². The fraction of sp³-hybridized carbons (Fsp3) is 0.100. The number of nitrogens with one attached hydrogen (secondary N) is 1. The van der Waals surface area contributed by atoms with Crippen LogP contribution < -0.4 is 5.32 Å². The molecule has 1 atom stereocenters. The summed E-state index contributed by atoms with van der Waals surface area (Å²) in [6.45, 7) is 1.97. The van der Waals surface area contributed by atoms with Crippen molar-refractivity contribution in [3.05, 3.63) is 84.2 Å². The average molecular weight is 343 g/mol. The molecule has 0 aliphatic rings. The highest BCUT2D eigenvalue weighted by atomic mass is 16.1. The van der Waals surface area contributed by atoms with Gasteiger partial charge >= 0.3 is 0 Å². The molecule has 4 aromatic rings. The number of benzene rings is 3. The molecule has 128 valence electrons. The number of para-hydroxylation sites is 1. The van der Waals surface area contributed by atoms with Crippen molar-refractivity contribution in [2.45, 2.75) is 13.0 Å². The largest absolute Gasteiger partial charge is 0.345 e. The molecule has 1 unspecified atom stereocenters. The Morgan fingerprint density at radius 3 is 2.58 bits per heavy atom. The van der Waals surface area contributed by atoms with Crippen molar-refractivity contribution < 1.29 is 4.79 Å². The van der Waals surface area contributed by atoms with Gasteiger partial charge in [0.15, 0.2) is 0 Å². The molecule has 3 aromatic carbocycles. The molecule has 6 heteroatoms. The highest BCUT2D eigenvalue weighted by molar-refractivity contribution is 5.98. The summed E-state index contributed by atoms with van der Waals surface area (Å²) in [7, 11) is 0. The lowest BCUT2D eigenvalue weighted by molar-refractivity contribution is 0.0939. The number of fused-ring (bicyclic) bond motifs is 1. The molecule has 1 heterocycles. The topological polar surface area (TPSA) is 72.7 Å². The lowest BCUT2D eigenvalue weighted by atomic mass is 10.0. The summed E-state index contributed by atoms with van der Waals surface area (Å²) in [5, 5.41) is 16.5. The molecule has 26 heavy (non-hydrogen) atoms.